The Morgan fingerprint density at radius 2 is 1.86 bits per heavy atom. The van der Waals surface area contributed by atoms with Gasteiger partial charge in [0, 0.05) is 19.5 Å². The zero-order valence-electron chi connectivity index (χ0n) is 16.3. The number of esters is 1. The molecule has 9 heteroatoms. The van der Waals surface area contributed by atoms with E-state index in [0.717, 1.165) is 5.56 Å². The topological polar surface area (TPSA) is 112 Å². The van der Waals surface area contributed by atoms with Crippen molar-refractivity contribution in [2.24, 2.45) is 0 Å². The zero-order chi connectivity index (χ0) is 20.6. The lowest BCUT2D eigenvalue weighted by Gasteiger charge is -2.19. The van der Waals surface area contributed by atoms with Crippen LogP contribution >= 0.6 is 0 Å². The molecule has 0 radical (unpaired) electrons. The van der Waals surface area contributed by atoms with Crippen LogP contribution in [0.3, 0.4) is 0 Å². The average Bonchev–Trinajstić information content (AvgIpc) is 3.08. The Labute approximate surface area is 163 Å². The van der Waals surface area contributed by atoms with Crippen LogP contribution in [0.1, 0.15) is 39.2 Å². The lowest BCUT2D eigenvalue weighted by atomic mass is 10.2. The summed E-state index contributed by atoms with van der Waals surface area (Å²) in [5.74, 6) is 0.394. The number of benzene rings is 1. The summed E-state index contributed by atoms with van der Waals surface area (Å²) in [4.78, 5) is 34.9. The third-order valence-electron chi connectivity index (χ3n) is 3.52. The molecular formula is C19H26N2O7. The molecule has 0 saturated carbocycles. The Kier molecular flexibility index (Phi) is 7.48. The molecule has 154 valence electrons. The molecule has 2 N–H and O–H groups in total. The molecule has 0 aliphatic carbocycles. The van der Waals surface area contributed by atoms with Crippen LogP contribution in [-0.2, 0) is 25.6 Å². The third kappa shape index (κ3) is 7.73. The van der Waals surface area contributed by atoms with Crippen LogP contribution in [0.25, 0.3) is 0 Å². The average molecular weight is 394 g/mol. The lowest BCUT2D eigenvalue weighted by Crippen LogP contribution is -2.33. The molecule has 0 atom stereocenters. The first-order chi connectivity index (χ1) is 13.2. The van der Waals surface area contributed by atoms with Crippen LogP contribution in [0.4, 0.5) is 4.79 Å². The van der Waals surface area contributed by atoms with Crippen molar-refractivity contribution in [3.63, 3.8) is 0 Å². The summed E-state index contributed by atoms with van der Waals surface area (Å²) in [5.41, 5.74) is 0.272. The van der Waals surface area contributed by atoms with Gasteiger partial charge in [-0.25, -0.2) is 4.79 Å². The molecule has 1 aromatic rings. The number of nitrogens with one attached hydrogen (secondary N) is 2. The molecule has 0 aromatic heterocycles. The van der Waals surface area contributed by atoms with E-state index >= 15 is 0 Å². The molecule has 0 bridgehead atoms. The van der Waals surface area contributed by atoms with Crippen LogP contribution in [0, 0.1) is 0 Å². The van der Waals surface area contributed by atoms with Crippen molar-refractivity contribution < 1.29 is 33.3 Å². The first-order valence-corrected chi connectivity index (χ1v) is 9.00. The second kappa shape index (κ2) is 9.82. The lowest BCUT2D eigenvalue weighted by molar-refractivity contribution is -0.148. The quantitative estimate of drug-likeness (QED) is 0.511. The van der Waals surface area contributed by atoms with Crippen molar-refractivity contribution in [3.8, 4) is 11.5 Å². The molecule has 2 amide bonds. The Hall–Kier alpha value is -2.97. The van der Waals surface area contributed by atoms with Gasteiger partial charge in [-0.1, -0.05) is 6.07 Å². The van der Waals surface area contributed by atoms with Crippen molar-refractivity contribution in [3.05, 3.63) is 23.8 Å². The second-order valence-corrected chi connectivity index (χ2v) is 7.16. The van der Waals surface area contributed by atoms with Crippen LogP contribution in [-0.4, -0.2) is 43.5 Å². The van der Waals surface area contributed by atoms with Gasteiger partial charge in [-0.3, -0.25) is 9.59 Å². The highest BCUT2D eigenvalue weighted by Gasteiger charge is 2.16. The molecule has 1 aliphatic heterocycles. The summed E-state index contributed by atoms with van der Waals surface area (Å²) in [7, 11) is 0. The van der Waals surface area contributed by atoms with Gasteiger partial charge in [0.15, 0.2) is 18.1 Å². The first kappa shape index (κ1) is 21.3. The normalized spacial score (nSPS) is 12.2. The first-order valence-electron chi connectivity index (χ1n) is 9.00. The van der Waals surface area contributed by atoms with Gasteiger partial charge in [0.2, 0.25) is 6.79 Å². The van der Waals surface area contributed by atoms with Crippen molar-refractivity contribution in [2.45, 2.75) is 45.8 Å². The zero-order valence-corrected chi connectivity index (χ0v) is 16.3. The van der Waals surface area contributed by atoms with Gasteiger partial charge >= 0.3 is 12.1 Å². The van der Waals surface area contributed by atoms with Crippen molar-refractivity contribution in [1.29, 1.82) is 0 Å². The maximum absolute atomic E-state index is 11.8. The molecule has 28 heavy (non-hydrogen) atoms. The number of ether oxygens (including phenoxy) is 4. The predicted octanol–water partition coefficient (Wildman–Crippen LogP) is 1.88. The smallest absolute Gasteiger partial charge is 0.407 e. The molecule has 1 aliphatic rings. The molecule has 2 rings (SSSR count). The molecule has 1 heterocycles. The van der Waals surface area contributed by atoms with E-state index in [4.69, 9.17) is 18.9 Å². The fourth-order valence-corrected chi connectivity index (χ4v) is 2.26. The summed E-state index contributed by atoms with van der Waals surface area (Å²) in [6.45, 7) is 5.69. The Morgan fingerprint density at radius 3 is 2.61 bits per heavy atom. The number of carbonyl (C=O) groups is 3. The van der Waals surface area contributed by atoms with E-state index in [1.165, 1.54) is 0 Å². The number of alkyl carbamates (subject to hydrolysis) is 1. The van der Waals surface area contributed by atoms with Crippen LogP contribution in [0.5, 0.6) is 11.5 Å². The predicted molar refractivity (Wildman–Crippen MR) is 98.8 cm³/mol. The van der Waals surface area contributed by atoms with E-state index in [-0.39, 0.29) is 32.9 Å². The monoisotopic (exact) mass is 394 g/mol. The van der Waals surface area contributed by atoms with Crippen molar-refractivity contribution >= 4 is 18.0 Å². The highest BCUT2D eigenvalue weighted by molar-refractivity contribution is 5.80. The maximum atomic E-state index is 11.8. The van der Waals surface area contributed by atoms with E-state index in [1.54, 1.807) is 32.9 Å². The minimum absolute atomic E-state index is 0.0885. The summed E-state index contributed by atoms with van der Waals surface area (Å²) < 4.78 is 20.5. The molecule has 9 nitrogen and oxygen atoms in total. The van der Waals surface area contributed by atoms with Gasteiger partial charge in [0.25, 0.3) is 5.91 Å². The number of carbonyl (C=O) groups excluding carboxylic acids is 3. The molecule has 0 spiro atoms. The second-order valence-electron chi connectivity index (χ2n) is 7.16. The number of hydrogen-bond donors (Lipinski definition) is 2. The summed E-state index contributed by atoms with van der Waals surface area (Å²) in [6.07, 6.45) is -0.0638. The Bertz CT molecular complexity index is 713. The van der Waals surface area contributed by atoms with Crippen LogP contribution in [0.2, 0.25) is 0 Å². The van der Waals surface area contributed by atoms with Gasteiger partial charge in [0.1, 0.15) is 5.60 Å². The standard InChI is InChI=1S/C19H26N2O7/c1-19(2,3)28-18(24)20-8-4-5-17(23)25-11-16(22)21-10-13-6-7-14-15(9-13)27-12-26-14/h6-7,9H,4-5,8,10-12H2,1-3H3,(H,20,24)(H,21,22). The highest BCUT2D eigenvalue weighted by Crippen LogP contribution is 2.32. The van der Waals surface area contributed by atoms with Crippen molar-refractivity contribution in [2.75, 3.05) is 19.9 Å². The van der Waals surface area contributed by atoms with E-state index in [2.05, 4.69) is 10.6 Å². The van der Waals surface area contributed by atoms with E-state index in [0.29, 0.717) is 17.9 Å². The SMILES string of the molecule is CC(C)(C)OC(=O)NCCCC(=O)OCC(=O)NCc1ccc2c(c1)OCO2. The fourth-order valence-electron chi connectivity index (χ4n) is 2.26. The number of fused-ring (bicyclic) bond motifs is 1. The number of amides is 2. The minimum Gasteiger partial charge on any atom is -0.456 e. The molecule has 1 aromatic carbocycles. The van der Waals surface area contributed by atoms with E-state index < -0.39 is 23.6 Å². The van der Waals surface area contributed by atoms with E-state index in [1.807, 2.05) is 6.07 Å². The van der Waals surface area contributed by atoms with Crippen molar-refractivity contribution in [1.82, 2.24) is 10.6 Å². The third-order valence-corrected chi connectivity index (χ3v) is 3.52. The number of hydrogen-bond acceptors (Lipinski definition) is 7. The van der Waals surface area contributed by atoms with Gasteiger partial charge in [-0.2, -0.15) is 0 Å². The summed E-state index contributed by atoms with van der Waals surface area (Å²) >= 11 is 0. The Morgan fingerprint density at radius 1 is 1.11 bits per heavy atom. The van der Waals surface area contributed by atoms with Gasteiger partial charge in [-0.05, 0) is 44.9 Å². The fraction of sp³-hybridized carbons (Fsp3) is 0.526. The molecule has 0 saturated heterocycles. The maximum Gasteiger partial charge on any atom is 0.407 e. The van der Waals surface area contributed by atoms with Crippen LogP contribution < -0.4 is 20.1 Å². The molecular weight excluding hydrogens is 368 g/mol. The largest absolute Gasteiger partial charge is 0.456 e. The molecule has 0 fully saturated rings. The van der Waals surface area contributed by atoms with E-state index in [9.17, 15) is 14.4 Å². The van der Waals surface area contributed by atoms with Gasteiger partial charge < -0.3 is 29.6 Å². The summed E-state index contributed by atoms with van der Waals surface area (Å²) in [6, 6.07) is 5.37. The molecule has 0 unspecified atom stereocenters. The highest BCUT2D eigenvalue weighted by atomic mass is 16.7. The summed E-state index contributed by atoms with van der Waals surface area (Å²) in [5, 5.41) is 5.21. The van der Waals surface area contributed by atoms with Crippen LogP contribution in [0.15, 0.2) is 18.2 Å². The van der Waals surface area contributed by atoms with Gasteiger partial charge in [0.05, 0.1) is 0 Å². The number of rotatable bonds is 8. The minimum atomic E-state index is -0.572. The Balaban J connectivity index is 1.56. The van der Waals surface area contributed by atoms with Gasteiger partial charge in [-0.15, -0.1) is 0 Å².